The summed E-state index contributed by atoms with van der Waals surface area (Å²) < 4.78 is 5.27. The number of ether oxygens (including phenoxy) is 1. The zero-order valence-electron chi connectivity index (χ0n) is 5.39. The highest BCUT2D eigenvalue weighted by atomic mass is 127. The predicted molar refractivity (Wildman–Crippen MR) is 43.9 cm³/mol. The highest BCUT2D eigenvalue weighted by Gasteiger charge is 2.00. The molecule has 0 aromatic carbocycles. The molecule has 0 saturated heterocycles. The molecule has 0 heterocycles. The lowest BCUT2D eigenvalue weighted by molar-refractivity contribution is 0.262. The van der Waals surface area contributed by atoms with Crippen LogP contribution >= 0.6 is 22.6 Å². The van der Waals surface area contributed by atoms with Crippen molar-refractivity contribution in [3.05, 3.63) is 9.34 Å². The molecule has 0 radical (unpaired) electrons. The predicted octanol–water partition coefficient (Wildman–Crippen LogP) is 1.72. The molecule has 0 aliphatic heterocycles. The summed E-state index contributed by atoms with van der Waals surface area (Å²) in [7, 11) is 0. The van der Waals surface area contributed by atoms with Crippen molar-refractivity contribution in [2.45, 2.75) is 6.92 Å². The molecule has 0 rings (SSSR count). The van der Waals surface area contributed by atoms with E-state index in [1.807, 2.05) is 22.6 Å². The molecule has 0 aromatic rings. The second kappa shape index (κ2) is 5.07. The first-order chi connectivity index (χ1) is 4.76. The minimum Gasteiger partial charge on any atom is -0.486 e. The lowest BCUT2D eigenvalue weighted by atomic mass is 10.4. The number of nitrogens with zero attached hydrogens (tertiary/aromatic N) is 2. The first-order valence-corrected chi connectivity index (χ1v) is 3.66. The molecule has 0 spiro atoms. The summed E-state index contributed by atoms with van der Waals surface area (Å²) in [6.45, 7) is 2.27. The van der Waals surface area contributed by atoms with Crippen LogP contribution in [0, 0.1) is 22.7 Å². The van der Waals surface area contributed by atoms with E-state index in [9.17, 15) is 0 Å². The van der Waals surface area contributed by atoms with Gasteiger partial charge in [0, 0.05) is 22.6 Å². The van der Waals surface area contributed by atoms with Crippen molar-refractivity contribution in [1.82, 2.24) is 0 Å². The summed E-state index contributed by atoms with van der Waals surface area (Å²) in [4.78, 5) is 0. The normalized spacial score (nSPS) is 7.20. The van der Waals surface area contributed by atoms with Crippen LogP contribution in [0.1, 0.15) is 6.92 Å². The summed E-state index contributed by atoms with van der Waals surface area (Å²) in [5.41, 5.74) is 0.0300. The number of halogens is 1. The minimum atomic E-state index is 0.0300. The van der Waals surface area contributed by atoms with Gasteiger partial charge in [-0.15, -0.1) is 0 Å². The fourth-order valence-electron chi connectivity index (χ4n) is 0.312. The molecule has 0 amide bonds. The van der Waals surface area contributed by atoms with Gasteiger partial charge >= 0.3 is 0 Å². The van der Waals surface area contributed by atoms with Crippen molar-refractivity contribution in [1.29, 1.82) is 10.5 Å². The van der Waals surface area contributed by atoms with E-state index in [0.29, 0.717) is 10.4 Å². The molecule has 0 aliphatic rings. The average Bonchev–Trinajstić information content (AvgIpc) is 1.91. The molecule has 0 bridgehead atoms. The van der Waals surface area contributed by atoms with E-state index in [-0.39, 0.29) is 5.57 Å². The molecular weight excluding hydrogens is 243 g/mol. The van der Waals surface area contributed by atoms with E-state index in [1.165, 1.54) is 0 Å². The summed E-state index contributed by atoms with van der Waals surface area (Å²) in [6, 6.07) is 3.44. The first kappa shape index (κ1) is 9.25. The molecule has 0 aliphatic carbocycles. The van der Waals surface area contributed by atoms with Gasteiger partial charge in [0.25, 0.3) is 0 Å². The van der Waals surface area contributed by atoms with Gasteiger partial charge in [-0.3, -0.25) is 0 Å². The third-order valence-electron chi connectivity index (χ3n) is 0.691. The lowest BCUT2D eigenvalue weighted by Crippen LogP contribution is -1.87. The van der Waals surface area contributed by atoms with Gasteiger partial charge in [0.1, 0.15) is 12.1 Å². The van der Waals surface area contributed by atoms with Gasteiger partial charge in [-0.05, 0) is 6.92 Å². The average molecular weight is 248 g/mol. The fraction of sp³-hybridized carbons (Fsp3) is 0.333. The smallest absolute Gasteiger partial charge is 0.184 e. The molecule has 0 aromatic heterocycles. The Hall–Kier alpha value is -0.750. The molecular formula is C6H5IN2O. The Kier molecular flexibility index (Phi) is 4.69. The van der Waals surface area contributed by atoms with E-state index in [1.54, 1.807) is 19.1 Å². The van der Waals surface area contributed by atoms with Crippen LogP contribution in [0.5, 0.6) is 0 Å². The van der Waals surface area contributed by atoms with Crippen LogP contribution in [0.15, 0.2) is 9.34 Å². The standard InChI is InChI=1S/C6H5IN2O/c1-2-10-6(7)5(3-8)4-9/h2H2,1H3. The Morgan fingerprint density at radius 3 is 2.30 bits per heavy atom. The van der Waals surface area contributed by atoms with Crippen molar-refractivity contribution >= 4 is 22.6 Å². The van der Waals surface area contributed by atoms with E-state index < -0.39 is 0 Å². The van der Waals surface area contributed by atoms with Crippen LogP contribution < -0.4 is 0 Å². The first-order valence-electron chi connectivity index (χ1n) is 2.59. The molecule has 0 N–H and O–H groups in total. The van der Waals surface area contributed by atoms with Crippen molar-refractivity contribution < 1.29 is 4.74 Å². The van der Waals surface area contributed by atoms with E-state index in [2.05, 4.69) is 0 Å². The number of allylic oxidation sites excluding steroid dienone is 1. The molecule has 10 heavy (non-hydrogen) atoms. The van der Waals surface area contributed by atoms with Gasteiger partial charge in [0.2, 0.25) is 0 Å². The maximum Gasteiger partial charge on any atom is 0.184 e. The van der Waals surface area contributed by atoms with Gasteiger partial charge in [0.15, 0.2) is 9.34 Å². The Morgan fingerprint density at radius 1 is 1.50 bits per heavy atom. The number of rotatable bonds is 2. The summed E-state index contributed by atoms with van der Waals surface area (Å²) >= 11 is 1.82. The largest absolute Gasteiger partial charge is 0.486 e. The third-order valence-corrected chi connectivity index (χ3v) is 1.54. The maximum atomic E-state index is 8.31. The van der Waals surface area contributed by atoms with Gasteiger partial charge < -0.3 is 4.74 Å². The van der Waals surface area contributed by atoms with Crippen LogP contribution in [0.3, 0.4) is 0 Å². The molecule has 0 fully saturated rings. The molecule has 52 valence electrons. The van der Waals surface area contributed by atoms with E-state index in [0.717, 1.165) is 0 Å². The second-order valence-electron chi connectivity index (χ2n) is 1.31. The minimum absolute atomic E-state index is 0.0300. The van der Waals surface area contributed by atoms with Gasteiger partial charge in [-0.1, -0.05) is 0 Å². The molecule has 0 atom stereocenters. The van der Waals surface area contributed by atoms with Crippen molar-refractivity contribution in [2.24, 2.45) is 0 Å². The van der Waals surface area contributed by atoms with Gasteiger partial charge in [0.05, 0.1) is 6.61 Å². The van der Waals surface area contributed by atoms with E-state index >= 15 is 0 Å². The summed E-state index contributed by atoms with van der Waals surface area (Å²) in [5, 5.41) is 16.6. The van der Waals surface area contributed by atoms with Crippen LogP contribution in [0.2, 0.25) is 0 Å². The zero-order valence-corrected chi connectivity index (χ0v) is 7.55. The van der Waals surface area contributed by atoms with Crippen molar-refractivity contribution in [3.63, 3.8) is 0 Å². The highest BCUT2D eigenvalue weighted by molar-refractivity contribution is 14.1. The van der Waals surface area contributed by atoms with E-state index in [4.69, 9.17) is 15.3 Å². The van der Waals surface area contributed by atoms with Crippen LogP contribution in [-0.4, -0.2) is 6.61 Å². The lowest BCUT2D eigenvalue weighted by Gasteiger charge is -1.97. The second-order valence-corrected chi connectivity index (χ2v) is 2.29. The molecule has 0 unspecified atom stereocenters. The van der Waals surface area contributed by atoms with Gasteiger partial charge in [-0.2, -0.15) is 10.5 Å². The summed E-state index contributed by atoms with van der Waals surface area (Å²) in [5.74, 6) is 0. The number of hydrogen-bond acceptors (Lipinski definition) is 3. The number of hydrogen-bond donors (Lipinski definition) is 0. The molecule has 4 heteroatoms. The fourth-order valence-corrected chi connectivity index (χ4v) is 0.864. The number of nitriles is 2. The highest BCUT2D eigenvalue weighted by Crippen LogP contribution is 2.12. The monoisotopic (exact) mass is 248 g/mol. The topological polar surface area (TPSA) is 56.8 Å². The zero-order chi connectivity index (χ0) is 7.98. The Morgan fingerprint density at radius 2 is 2.00 bits per heavy atom. The molecule has 3 nitrogen and oxygen atoms in total. The Balaban J connectivity index is 4.36. The van der Waals surface area contributed by atoms with Crippen molar-refractivity contribution in [2.75, 3.05) is 6.61 Å². The quantitative estimate of drug-likeness (QED) is 0.424. The SMILES string of the molecule is CCOC(I)=C(C#N)C#N. The van der Waals surface area contributed by atoms with Crippen LogP contribution in [0.4, 0.5) is 0 Å². The Labute approximate surface area is 73.0 Å². The van der Waals surface area contributed by atoms with Crippen LogP contribution in [-0.2, 0) is 4.74 Å². The Bertz CT molecular complexity index is 205. The third kappa shape index (κ3) is 2.70. The van der Waals surface area contributed by atoms with Crippen molar-refractivity contribution in [3.8, 4) is 12.1 Å². The maximum absolute atomic E-state index is 8.31. The molecule has 0 saturated carbocycles. The summed E-state index contributed by atoms with van der Waals surface area (Å²) in [6.07, 6.45) is 0. The van der Waals surface area contributed by atoms with Gasteiger partial charge in [-0.25, -0.2) is 0 Å². The van der Waals surface area contributed by atoms with Crippen LogP contribution in [0.25, 0.3) is 0 Å².